The van der Waals surface area contributed by atoms with Gasteiger partial charge >= 0.3 is 0 Å². The molecule has 5 heteroatoms. The molecule has 4 atom stereocenters. The normalized spacial score (nSPS) is 53.8. The molecule has 3 heterocycles. The van der Waals surface area contributed by atoms with E-state index < -0.39 is 11.6 Å². The van der Waals surface area contributed by atoms with Crippen molar-refractivity contribution in [2.45, 2.75) is 43.7 Å². The van der Waals surface area contributed by atoms with Gasteiger partial charge in [0.2, 0.25) is 5.79 Å². The SMILES string of the molecule is CC1(C)O[C@H]2[C@@H]3OC[C@]2(O[C@H]3CO)O1. The Balaban J connectivity index is 1.90. The van der Waals surface area contributed by atoms with E-state index in [1.807, 2.05) is 13.8 Å². The van der Waals surface area contributed by atoms with Gasteiger partial charge in [-0.1, -0.05) is 0 Å². The Hall–Kier alpha value is -0.200. The van der Waals surface area contributed by atoms with Crippen LogP contribution in [0, 0.1) is 0 Å². The van der Waals surface area contributed by atoms with Gasteiger partial charge in [0.1, 0.15) is 24.9 Å². The van der Waals surface area contributed by atoms with Crippen LogP contribution in [-0.2, 0) is 18.9 Å². The van der Waals surface area contributed by atoms with Crippen molar-refractivity contribution in [1.82, 2.24) is 0 Å². The molecule has 0 radical (unpaired) electrons. The molecular weight excluding hydrogens is 188 g/mol. The maximum absolute atomic E-state index is 9.05. The van der Waals surface area contributed by atoms with Crippen molar-refractivity contribution in [2.24, 2.45) is 0 Å². The van der Waals surface area contributed by atoms with Gasteiger partial charge in [0.05, 0.1) is 6.61 Å². The van der Waals surface area contributed by atoms with Gasteiger partial charge in [-0.2, -0.15) is 0 Å². The second-order valence-corrected chi connectivity index (χ2v) is 4.47. The first-order valence-electron chi connectivity index (χ1n) is 4.85. The minimum Gasteiger partial charge on any atom is -0.394 e. The zero-order valence-corrected chi connectivity index (χ0v) is 8.23. The highest BCUT2D eigenvalue weighted by Gasteiger charge is 2.69. The molecule has 0 saturated carbocycles. The van der Waals surface area contributed by atoms with E-state index in [9.17, 15) is 0 Å². The quantitative estimate of drug-likeness (QED) is 0.628. The summed E-state index contributed by atoms with van der Waals surface area (Å²) in [6, 6.07) is 0. The van der Waals surface area contributed by atoms with Gasteiger partial charge in [-0.05, 0) is 13.8 Å². The molecule has 5 nitrogen and oxygen atoms in total. The molecule has 3 aliphatic rings. The van der Waals surface area contributed by atoms with E-state index in [0.29, 0.717) is 6.61 Å². The number of ether oxygens (including phenoxy) is 4. The van der Waals surface area contributed by atoms with Crippen molar-refractivity contribution in [3.8, 4) is 0 Å². The average Bonchev–Trinajstić information content (AvgIpc) is 2.62. The van der Waals surface area contributed by atoms with E-state index in [0.717, 1.165) is 0 Å². The van der Waals surface area contributed by atoms with E-state index in [-0.39, 0.29) is 24.9 Å². The van der Waals surface area contributed by atoms with E-state index in [4.69, 9.17) is 24.1 Å². The molecule has 1 N–H and O–H groups in total. The lowest BCUT2D eigenvalue weighted by Gasteiger charge is -2.31. The van der Waals surface area contributed by atoms with Crippen LogP contribution in [0.4, 0.5) is 0 Å². The lowest BCUT2D eigenvalue weighted by Crippen LogP contribution is -2.43. The van der Waals surface area contributed by atoms with Gasteiger partial charge < -0.3 is 24.1 Å². The van der Waals surface area contributed by atoms with E-state index in [1.54, 1.807) is 0 Å². The number of aliphatic hydroxyl groups is 1. The highest BCUT2D eigenvalue weighted by molar-refractivity contribution is 5.07. The second kappa shape index (κ2) is 2.48. The van der Waals surface area contributed by atoms with Crippen molar-refractivity contribution in [3.63, 3.8) is 0 Å². The molecule has 0 aromatic heterocycles. The van der Waals surface area contributed by atoms with Crippen molar-refractivity contribution in [3.05, 3.63) is 0 Å². The lowest BCUT2D eigenvalue weighted by molar-refractivity contribution is -0.304. The van der Waals surface area contributed by atoms with Crippen LogP contribution in [0.1, 0.15) is 13.8 Å². The summed E-state index contributed by atoms with van der Waals surface area (Å²) in [5.74, 6) is -1.39. The van der Waals surface area contributed by atoms with Crippen molar-refractivity contribution >= 4 is 0 Å². The zero-order chi connectivity index (χ0) is 9.97. The molecule has 0 unspecified atom stereocenters. The second-order valence-electron chi connectivity index (χ2n) is 4.47. The Kier molecular flexibility index (Phi) is 1.61. The van der Waals surface area contributed by atoms with Crippen molar-refractivity contribution < 1.29 is 24.1 Å². The van der Waals surface area contributed by atoms with Crippen LogP contribution in [-0.4, -0.2) is 48.2 Å². The molecule has 0 spiro atoms. The van der Waals surface area contributed by atoms with Crippen LogP contribution in [0.15, 0.2) is 0 Å². The van der Waals surface area contributed by atoms with E-state index in [2.05, 4.69) is 0 Å². The number of hydrogen-bond donors (Lipinski definition) is 1. The Labute approximate surface area is 81.9 Å². The molecule has 0 aromatic carbocycles. The third kappa shape index (κ3) is 0.963. The van der Waals surface area contributed by atoms with Gasteiger partial charge in [-0.25, -0.2) is 0 Å². The fourth-order valence-electron chi connectivity index (χ4n) is 2.51. The highest BCUT2D eigenvalue weighted by Crippen LogP contribution is 2.50. The van der Waals surface area contributed by atoms with Crippen molar-refractivity contribution in [2.75, 3.05) is 13.2 Å². The van der Waals surface area contributed by atoms with Crippen LogP contribution < -0.4 is 0 Å². The summed E-state index contributed by atoms with van der Waals surface area (Å²) < 4.78 is 22.5. The van der Waals surface area contributed by atoms with E-state index >= 15 is 0 Å². The van der Waals surface area contributed by atoms with Crippen LogP contribution in [0.5, 0.6) is 0 Å². The molecule has 3 saturated heterocycles. The van der Waals surface area contributed by atoms with Crippen LogP contribution in [0.2, 0.25) is 0 Å². The zero-order valence-electron chi connectivity index (χ0n) is 8.23. The highest BCUT2D eigenvalue weighted by atomic mass is 16.9. The molecule has 2 bridgehead atoms. The monoisotopic (exact) mass is 202 g/mol. The Bertz CT molecular complexity index is 266. The summed E-state index contributed by atoms with van der Waals surface area (Å²) in [4.78, 5) is 0. The minimum absolute atomic E-state index is 0.0595. The molecule has 80 valence electrons. The van der Waals surface area contributed by atoms with Crippen LogP contribution in [0.25, 0.3) is 0 Å². The van der Waals surface area contributed by atoms with Crippen LogP contribution in [0.3, 0.4) is 0 Å². The van der Waals surface area contributed by atoms with Crippen LogP contribution >= 0.6 is 0 Å². The fourth-order valence-corrected chi connectivity index (χ4v) is 2.51. The maximum Gasteiger partial charge on any atom is 0.224 e. The van der Waals surface area contributed by atoms with Gasteiger partial charge in [-0.3, -0.25) is 0 Å². The molecular formula is C9H14O5. The summed E-state index contributed by atoms with van der Waals surface area (Å²) in [6.07, 6.45) is -0.707. The summed E-state index contributed by atoms with van der Waals surface area (Å²) in [5.41, 5.74) is 0. The Morgan fingerprint density at radius 1 is 1.36 bits per heavy atom. The number of hydrogen-bond acceptors (Lipinski definition) is 5. The number of rotatable bonds is 1. The average molecular weight is 202 g/mol. The summed E-state index contributed by atoms with van der Waals surface area (Å²) in [6.45, 7) is 4.04. The summed E-state index contributed by atoms with van der Waals surface area (Å²) in [5, 5.41) is 9.05. The molecule has 0 aliphatic carbocycles. The predicted octanol–water partition coefficient (Wildman–Crippen LogP) is -0.376. The minimum atomic E-state index is -0.776. The summed E-state index contributed by atoms with van der Waals surface area (Å²) >= 11 is 0. The molecule has 0 amide bonds. The molecule has 3 fully saturated rings. The fraction of sp³-hybridized carbons (Fsp3) is 1.00. The van der Waals surface area contributed by atoms with Gasteiger partial charge in [-0.15, -0.1) is 0 Å². The Morgan fingerprint density at radius 2 is 2.14 bits per heavy atom. The first-order valence-corrected chi connectivity index (χ1v) is 4.85. The predicted molar refractivity (Wildman–Crippen MR) is 44.5 cm³/mol. The molecule has 3 rings (SSSR count). The molecule has 3 aliphatic heterocycles. The first-order chi connectivity index (χ1) is 6.56. The van der Waals surface area contributed by atoms with Gasteiger partial charge in [0.25, 0.3) is 0 Å². The standard InChI is InChI=1S/C9H14O5/c1-8(2)13-7-6-5(3-10)12-9(7,14-8)4-11-6/h5-7,10H,3-4H2,1-2H3/t5-,6+,7-,9-/m0/s1. The third-order valence-corrected chi connectivity index (χ3v) is 2.94. The molecule has 14 heavy (non-hydrogen) atoms. The topological polar surface area (TPSA) is 57.2 Å². The maximum atomic E-state index is 9.05. The third-order valence-electron chi connectivity index (χ3n) is 2.94. The Morgan fingerprint density at radius 3 is 2.79 bits per heavy atom. The van der Waals surface area contributed by atoms with Crippen molar-refractivity contribution in [1.29, 1.82) is 0 Å². The molecule has 0 aromatic rings. The first kappa shape index (κ1) is 9.06. The largest absolute Gasteiger partial charge is 0.394 e. The summed E-state index contributed by atoms with van der Waals surface area (Å²) in [7, 11) is 0. The van der Waals surface area contributed by atoms with Gasteiger partial charge in [0, 0.05) is 0 Å². The smallest absolute Gasteiger partial charge is 0.224 e. The van der Waals surface area contributed by atoms with E-state index in [1.165, 1.54) is 0 Å². The number of aliphatic hydroxyl groups excluding tert-OH is 1. The van der Waals surface area contributed by atoms with Gasteiger partial charge in [0.15, 0.2) is 5.79 Å². The lowest BCUT2D eigenvalue weighted by atomic mass is 10.1.